The lowest BCUT2D eigenvalue weighted by atomic mass is 10.1. The Kier molecular flexibility index (Phi) is 6.20. The topological polar surface area (TPSA) is 20.3 Å². The van der Waals surface area contributed by atoms with E-state index in [0.29, 0.717) is 18.9 Å². The molecule has 2 nitrogen and oxygen atoms in total. The summed E-state index contributed by atoms with van der Waals surface area (Å²) >= 11 is 0. The number of hydrogen-bond donors (Lipinski definition) is 0. The highest BCUT2D eigenvalue weighted by Crippen LogP contribution is 2.11. The third kappa shape index (κ3) is 5.36. The zero-order valence-corrected chi connectivity index (χ0v) is 13.5. The van der Waals surface area contributed by atoms with Crippen molar-refractivity contribution >= 4 is 5.91 Å². The first kappa shape index (κ1) is 16.3. The van der Waals surface area contributed by atoms with E-state index in [1.165, 1.54) is 11.1 Å². The van der Waals surface area contributed by atoms with Crippen LogP contribution in [0.15, 0.2) is 60.7 Å². The van der Waals surface area contributed by atoms with Gasteiger partial charge in [0.1, 0.15) is 0 Å². The van der Waals surface area contributed by atoms with Crippen LogP contribution in [0.25, 0.3) is 0 Å². The highest BCUT2D eigenvalue weighted by atomic mass is 16.2. The molecule has 0 radical (unpaired) electrons. The molecule has 0 unspecified atom stereocenters. The van der Waals surface area contributed by atoms with Crippen LogP contribution in [0.3, 0.4) is 0 Å². The highest BCUT2D eigenvalue weighted by molar-refractivity contribution is 5.76. The Morgan fingerprint density at radius 1 is 0.909 bits per heavy atom. The average Bonchev–Trinajstić information content (AvgIpc) is 2.52. The first-order valence-electron chi connectivity index (χ1n) is 8.01. The summed E-state index contributed by atoms with van der Waals surface area (Å²) in [6.07, 6.45) is 1.51. The number of hydrogen-bond acceptors (Lipinski definition) is 1. The van der Waals surface area contributed by atoms with Gasteiger partial charge in [0, 0.05) is 19.5 Å². The standard InChI is InChI=1S/C20H25NO/c1-17(2)15-20(22)21(16-19-11-7-4-8-12-19)14-13-18-9-5-3-6-10-18/h3-12,17H,13-16H2,1-2H3. The van der Waals surface area contributed by atoms with Crippen LogP contribution in [0.1, 0.15) is 31.4 Å². The van der Waals surface area contributed by atoms with E-state index < -0.39 is 0 Å². The van der Waals surface area contributed by atoms with Gasteiger partial charge in [0.15, 0.2) is 0 Å². The smallest absolute Gasteiger partial charge is 0.223 e. The Balaban J connectivity index is 2.02. The van der Waals surface area contributed by atoms with Gasteiger partial charge in [-0.1, -0.05) is 74.5 Å². The zero-order chi connectivity index (χ0) is 15.8. The fourth-order valence-electron chi connectivity index (χ4n) is 2.48. The summed E-state index contributed by atoms with van der Waals surface area (Å²) in [6.45, 7) is 5.65. The van der Waals surface area contributed by atoms with Gasteiger partial charge in [-0.2, -0.15) is 0 Å². The predicted molar refractivity (Wildman–Crippen MR) is 91.5 cm³/mol. The molecule has 0 aliphatic heterocycles. The highest BCUT2D eigenvalue weighted by Gasteiger charge is 2.15. The summed E-state index contributed by atoms with van der Waals surface area (Å²) in [6, 6.07) is 20.6. The van der Waals surface area contributed by atoms with Gasteiger partial charge in [0.2, 0.25) is 5.91 Å². The van der Waals surface area contributed by atoms with E-state index in [1.807, 2.05) is 41.3 Å². The maximum Gasteiger partial charge on any atom is 0.223 e. The molecule has 0 spiro atoms. The van der Waals surface area contributed by atoms with Crippen molar-refractivity contribution in [3.8, 4) is 0 Å². The summed E-state index contributed by atoms with van der Waals surface area (Å²) in [5.74, 6) is 0.636. The molecule has 0 aliphatic rings. The Labute approximate surface area is 133 Å². The van der Waals surface area contributed by atoms with Crippen molar-refractivity contribution in [3.05, 3.63) is 71.8 Å². The lowest BCUT2D eigenvalue weighted by molar-refractivity contribution is -0.132. The largest absolute Gasteiger partial charge is 0.338 e. The molecule has 0 N–H and O–H groups in total. The zero-order valence-electron chi connectivity index (χ0n) is 13.5. The van der Waals surface area contributed by atoms with Crippen molar-refractivity contribution in [2.45, 2.75) is 33.2 Å². The van der Waals surface area contributed by atoms with E-state index in [2.05, 4.69) is 38.1 Å². The quantitative estimate of drug-likeness (QED) is 0.745. The minimum Gasteiger partial charge on any atom is -0.338 e. The molecule has 0 saturated heterocycles. The van der Waals surface area contributed by atoms with Crippen molar-refractivity contribution < 1.29 is 4.79 Å². The first-order chi connectivity index (χ1) is 10.6. The molecule has 0 atom stereocenters. The normalized spacial score (nSPS) is 10.7. The number of benzene rings is 2. The number of carbonyl (C=O) groups is 1. The molecule has 2 heteroatoms. The molecule has 2 rings (SSSR count). The van der Waals surface area contributed by atoms with Gasteiger partial charge in [-0.3, -0.25) is 4.79 Å². The van der Waals surface area contributed by atoms with Gasteiger partial charge in [0.05, 0.1) is 0 Å². The van der Waals surface area contributed by atoms with Crippen molar-refractivity contribution in [1.82, 2.24) is 4.90 Å². The van der Waals surface area contributed by atoms with Crippen LogP contribution in [0.5, 0.6) is 0 Å². The number of rotatable bonds is 7. The first-order valence-corrected chi connectivity index (χ1v) is 8.01. The van der Waals surface area contributed by atoms with Gasteiger partial charge >= 0.3 is 0 Å². The van der Waals surface area contributed by atoms with Gasteiger partial charge in [-0.25, -0.2) is 0 Å². The van der Waals surface area contributed by atoms with E-state index >= 15 is 0 Å². The molecule has 0 fully saturated rings. The summed E-state index contributed by atoms with van der Waals surface area (Å²) in [7, 11) is 0. The van der Waals surface area contributed by atoms with Gasteiger partial charge < -0.3 is 4.90 Å². The summed E-state index contributed by atoms with van der Waals surface area (Å²) in [4.78, 5) is 14.5. The minimum atomic E-state index is 0.245. The second-order valence-corrected chi connectivity index (χ2v) is 6.13. The van der Waals surface area contributed by atoms with Crippen LogP contribution in [0.2, 0.25) is 0 Å². The van der Waals surface area contributed by atoms with Crippen LogP contribution in [-0.2, 0) is 17.8 Å². The second-order valence-electron chi connectivity index (χ2n) is 6.13. The average molecular weight is 295 g/mol. The van der Waals surface area contributed by atoms with Gasteiger partial charge in [-0.05, 0) is 23.5 Å². The van der Waals surface area contributed by atoms with Crippen LogP contribution in [0.4, 0.5) is 0 Å². The fourth-order valence-corrected chi connectivity index (χ4v) is 2.48. The third-order valence-electron chi connectivity index (χ3n) is 3.67. The Hall–Kier alpha value is -2.09. The van der Waals surface area contributed by atoms with Crippen LogP contribution in [0, 0.1) is 5.92 Å². The monoisotopic (exact) mass is 295 g/mol. The maximum atomic E-state index is 12.5. The van der Waals surface area contributed by atoms with E-state index in [-0.39, 0.29) is 5.91 Å². The minimum absolute atomic E-state index is 0.245. The molecular weight excluding hydrogens is 270 g/mol. The Morgan fingerprint density at radius 3 is 2.00 bits per heavy atom. The molecule has 0 aromatic heterocycles. The van der Waals surface area contributed by atoms with Crippen LogP contribution >= 0.6 is 0 Å². The lowest BCUT2D eigenvalue weighted by Gasteiger charge is -2.24. The molecule has 116 valence electrons. The molecule has 0 aliphatic carbocycles. The van der Waals surface area contributed by atoms with Crippen molar-refractivity contribution in [1.29, 1.82) is 0 Å². The molecular formula is C20H25NO. The molecule has 2 aromatic rings. The van der Waals surface area contributed by atoms with Crippen LogP contribution in [-0.4, -0.2) is 17.4 Å². The van der Waals surface area contributed by atoms with Crippen LogP contribution < -0.4 is 0 Å². The molecule has 1 amide bonds. The van der Waals surface area contributed by atoms with Crippen molar-refractivity contribution in [2.75, 3.05) is 6.54 Å². The van der Waals surface area contributed by atoms with Crippen molar-refractivity contribution in [2.24, 2.45) is 5.92 Å². The molecule has 0 heterocycles. The van der Waals surface area contributed by atoms with Gasteiger partial charge in [-0.15, -0.1) is 0 Å². The number of nitrogens with zero attached hydrogens (tertiary/aromatic N) is 1. The summed E-state index contributed by atoms with van der Waals surface area (Å²) in [5, 5.41) is 0. The predicted octanol–water partition coefficient (Wildman–Crippen LogP) is 4.30. The third-order valence-corrected chi connectivity index (χ3v) is 3.67. The maximum absolute atomic E-state index is 12.5. The molecule has 22 heavy (non-hydrogen) atoms. The lowest BCUT2D eigenvalue weighted by Crippen LogP contribution is -2.33. The van der Waals surface area contributed by atoms with E-state index in [0.717, 1.165) is 13.0 Å². The molecule has 2 aromatic carbocycles. The summed E-state index contributed by atoms with van der Waals surface area (Å²) < 4.78 is 0. The number of carbonyl (C=O) groups excluding carboxylic acids is 1. The number of amides is 1. The van der Waals surface area contributed by atoms with E-state index in [4.69, 9.17) is 0 Å². The van der Waals surface area contributed by atoms with Gasteiger partial charge in [0.25, 0.3) is 0 Å². The van der Waals surface area contributed by atoms with E-state index in [1.54, 1.807) is 0 Å². The Bertz CT molecular complexity index is 563. The van der Waals surface area contributed by atoms with E-state index in [9.17, 15) is 4.79 Å². The summed E-state index contributed by atoms with van der Waals surface area (Å²) in [5.41, 5.74) is 2.46. The molecule has 0 bridgehead atoms. The van der Waals surface area contributed by atoms with Crippen molar-refractivity contribution in [3.63, 3.8) is 0 Å². The SMILES string of the molecule is CC(C)CC(=O)N(CCc1ccccc1)Cc1ccccc1. The fraction of sp³-hybridized carbons (Fsp3) is 0.350. The molecule has 0 saturated carbocycles. The Morgan fingerprint density at radius 2 is 1.45 bits per heavy atom. The second kappa shape index (κ2) is 8.38.